The second-order valence-corrected chi connectivity index (χ2v) is 3.99. The molecular formula is C11H15N3O3. The van der Waals surface area contributed by atoms with Crippen LogP contribution in [0.25, 0.3) is 0 Å². The molecule has 2 rings (SSSR count). The summed E-state index contributed by atoms with van der Waals surface area (Å²) in [6, 6.07) is 1.51. The number of hydrogen-bond donors (Lipinski definition) is 1. The average Bonchev–Trinajstić information content (AvgIpc) is 2.39. The van der Waals surface area contributed by atoms with E-state index in [0.717, 1.165) is 25.9 Å². The maximum Gasteiger partial charge on any atom is 0.354 e. The molecule has 0 saturated carbocycles. The number of methoxy groups -OCH3 is 1. The second kappa shape index (κ2) is 5.09. The van der Waals surface area contributed by atoms with Crippen molar-refractivity contribution in [2.75, 3.05) is 25.1 Å². The van der Waals surface area contributed by atoms with E-state index in [0.29, 0.717) is 11.9 Å². The number of carboxylic acid groups (broad SMARTS) is 1. The molecule has 17 heavy (non-hydrogen) atoms. The molecule has 6 nitrogen and oxygen atoms in total. The quantitative estimate of drug-likeness (QED) is 0.837. The fourth-order valence-electron chi connectivity index (χ4n) is 1.96. The fraction of sp³-hybridized carbons (Fsp3) is 0.545. The Hall–Kier alpha value is -1.69. The number of aromatic nitrogens is 2. The Balaban J connectivity index is 2.08. The Morgan fingerprint density at radius 2 is 2.18 bits per heavy atom. The number of nitrogens with zero attached hydrogens (tertiary/aromatic N) is 3. The highest BCUT2D eigenvalue weighted by Gasteiger charge is 2.20. The molecule has 92 valence electrons. The third-order valence-corrected chi connectivity index (χ3v) is 2.97. The van der Waals surface area contributed by atoms with Gasteiger partial charge < -0.3 is 14.7 Å². The van der Waals surface area contributed by atoms with Crippen LogP contribution in [0, 0.1) is 0 Å². The van der Waals surface area contributed by atoms with E-state index in [9.17, 15) is 4.79 Å². The maximum absolute atomic E-state index is 10.8. The average molecular weight is 237 g/mol. The summed E-state index contributed by atoms with van der Waals surface area (Å²) in [6.45, 7) is 1.66. The van der Waals surface area contributed by atoms with Crippen LogP contribution in [-0.4, -0.2) is 47.3 Å². The van der Waals surface area contributed by atoms with Crippen LogP contribution in [0.3, 0.4) is 0 Å². The van der Waals surface area contributed by atoms with Gasteiger partial charge in [-0.25, -0.2) is 14.8 Å². The van der Waals surface area contributed by atoms with Gasteiger partial charge in [0.15, 0.2) is 5.69 Å². The van der Waals surface area contributed by atoms with E-state index < -0.39 is 5.97 Å². The van der Waals surface area contributed by atoms with Gasteiger partial charge in [0.25, 0.3) is 0 Å². The summed E-state index contributed by atoms with van der Waals surface area (Å²) in [6.07, 6.45) is 3.46. The van der Waals surface area contributed by atoms with E-state index in [1.807, 2.05) is 0 Å². The number of anilines is 1. The van der Waals surface area contributed by atoms with Crippen LogP contribution in [0.1, 0.15) is 23.3 Å². The maximum atomic E-state index is 10.8. The highest BCUT2D eigenvalue weighted by atomic mass is 16.5. The van der Waals surface area contributed by atoms with Gasteiger partial charge in [0, 0.05) is 26.3 Å². The Morgan fingerprint density at radius 3 is 2.76 bits per heavy atom. The summed E-state index contributed by atoms with van der Waals surface area (Å²) >= 11 is 0. The number of ether oxygens (including phenoxy) is 1. The lowest BCUT2D eigenvalue weighted by atomic mass is 10.1. The molecule has 1 aliphatic heterocycles. The first-order chi connectivity index (χ1) is 8.20. The number of carboxylic acids is 1. The van der Waals surface area contributed by atoms with Crippen molar-refractivity contribution in [3.05, 3.63) is 18.1 Å². The summed E-state index contributed by atoms with van der Waals surface area (Å²) in [5.74, 6) is -0.354. The molecule has 0 aliphatic carbocycles. The zero-order valence-electron chi connectivity index (χ0n) is 9.67. The van der Waals surface area contributed by atoms with Crippen LogP contribution in [0.5, 0.6) is 0 Å². The molecule has 2 heterocycles. The lowest BCUT2D eigenvalue weighted by Gasteiger charge is -2.31. The number of aromatic carboxylic acids is 1. The highest BCUT2D eigenvalue weighted by Crippen LogP contribution is 2.19. The van der Waals surface area contributed by atoms with Gasteiger partial charge in [-0.3, -0.25) is 0 Å². The number of rotatable bonds is 3. The normalized spacial score (nSPS) is 17.1. The number of piperidine rings is 1. The van der Waals surface area contributed by atoms with Crippen molar-refractivity contribution in [1.29, 1.82) is 0 Å². The van der Waals surface area contributed by atoms with Gasteiger partial charge in [-0.2, -0.15) is 0 Å². The van der Waals surface area contributed by atoms with Crippen LogP contribution in [0.15, 0.2) is 12.4 Å². The van der Waals surface area contributed by atoms with Crippen molar-refractivity contribution in [3.63, 3.8) is 0 Å². The van der Waals surface area contributed by atoms with Crippen molar-refractivity contribution >= 4 is 11.8 Å². The monoisotopic (exact) mass is 237 g/mol. The van der Waals surface area contributed by atoms with E-state index in [4.69, 9.17) is 9.84 Å². The zero-order valence-corrected chi connectivity index (χ0v) is 9.67. The topological polar surface area (TPSA) is 75.5 Å². The van der Waals surface area contributed by atoms with E-state index in [-0.39, 0.29) is 5.69 Å². The van der Waals surface area contributed by atoms with Crippen LogP contribution in [0.2, 0.25) is 0 Å². The smallest absolute Gasteiger partial charge is 0.354 e. The molecule has 0 amide bonds. The van der Waals surface area contributed by atoms with Crippen molar-refractivity contribution in [2.24, 2.45) is 0 Å². The van der Waals surface area contributed by atoms with Gasteiger partial charge >= 0.3 is 5.97 Å². The van der Waals surface area contributed by atoms with Gasteiger partial charge in [0.2, 0.25) is 0 Å². The van der Waals surface area contributed by atoms with Gasteiger partial charge in [-0.15, -0.1) is 0 Å². The Bertz CT molecular complexity index is 403. The SMILES string of the molecule is COC1CCN(c2cc(C(=O)O)ncn2)CC1. The summed E-state index contributed by atoms with van der Waals surface area (Å²) in [5.41, 5.74) is 0.0314. The minimum absolute atomic E-state index is 0.0314. The predicted molar refractivity (Wildman–Crippen MR) is 61.2 cm³/mol. The predicted octanol–water partition coefficient (Wildman–Crippen LogP) is 0.790. The second-order valence-electron chi connectivity index (χ2n) is 3.99. The minimum Gasteiger partial charge on any atom is -0.477 e. The summed E-state index contributed by atoms with van der Waals surface area (Å²) in [4.78, 5) is 20.7. The van der Waals surface area contributed by atoms with Gasteiger partial charge in [0.1, 0.15) is 12.1 Å². The summed E-state index contributed by atoms with van der Waals surface area (Å²) in [5, 5.41) is 8.86. The Kier molecular flexibility index (Phi) is 3.53. The molecule has 0 unspecified atom stereocenters. The van der Waals surface area contributed by atoms with Gasteiger partial charge in [-0.05, 0) is 12.8 Å². The van der Waals surface area contributed by atoms with Crippen LogP contribution in [0.4, 0.5) is 5.82 Å². The molecule has 0 bridgehead atoms. The molecule has 0 atom stereocenters. The summed E-state index contributed by atoms with van der Waals surface area (Å²) < 4.78 is 5.28. The lowest BCUT2D eigenvalue weighted by molar-refractivity contribution is 0.0689. The number of hydrogen-bond acceptors (Lipinski definition) is 5. The largest absolute Gasteiger partial charge is 0.477 e. The van der Waals surface area contributed by atoms with E-state index in [1.54, 1.807) is 7.11 Å². The molecular weight excluding hydrogens is 222 g/mol. The van der Waals surface area contributed by atoms with E-state index >= 15 is 0 Å². The molecule has 0 spiro atoms. The van der Waals surface area contributed by atoms with Gasteiger partial charge in [-0.1, -0.05) is 0 Å². The first-order valence-corrected chi connectivity index (χ1v) is 5.54. The van der Waals surface area contributed by atoms with E-state index in [2.05, 4.69) is 14.9 Å². The summed E-state index contributed by atoms with van der Waals surface area (Å²) in [7, 11) is 1.72. The standard InChI is InChI=1S/C11H15N3O3/c1-17-8-2-4-14(5-3-8)10-6-9(11(15)16)12-7-13-10/h6-8H,2-5H2,1H3,(H,15,16). The Morgan fingerprint density at radius 1 is 1.47 bits per heavy atom. The first kappa shape index (κ1) is 11.8. The van der Waals surface area contributed by atoms with Crippen molar-refractivity contribution < 1.29 is 14.6 Å². The number of carbonyl (C=O) groups is 1. The molecule has 0 aromatic carbocycles. The third-order valence-electron chi connectivity index (χ3n) is 2.97. The third kappa shape index (κ3) is 2.71. The zero-order chi connectivity index (χ0) is 12.3. The lowest BCUT2D eigenvalue weighted by Crippen LogP contribution is -2.37. The van der Waals surface area contributed by atoms with Crippen molar-refractivity contribution in [1.82, 2.24) is 9.97 Å². The molecule has 1 saturated heterocycles. The highest BCUT2D eigenvalue weighted by molar-refractivity contribution is 5.86. The molecule has 6 heteroatoms. The van der Waals surface area contributed by atoms with Gasteiger partial charge in [0.05, 0.1) is 6.10 Å². The molecule has 1 aromatic heterocycles. The van der Waals surface area contributed by atoms with Crippen LogP contribution < -0.4 is 4.90 Å². The molecule has 1 aromatic rings. The first-order valence-electron chi connectivity index (χ1n) is 5.54. The molecule has 0 radical (unpaired) electrons. The fourth-order valence-corrected chi connectivity index (χ4v) is 1.96. The minimum atomic E-state index is -1.03. The molecule has 1 aliphatic rings. The van der Waals surface area contributed by atoms with Crippen molar-refractivity contribution in [3.8, 4) is 0 Å². The van der Waals surface area contributed by atoms with Crippen LogP contribution in [-0.2, 0) is 4.74 Å². The Labute approximate surface area is 99.2 Å². The van der Waals surface area contributed by atoms with E-state index in [1.165, 1.54) is 12.4 Å². The van der Waals surface area contributed by atoms with Crippen LogP contribution >= 0.6 is 0 Å². The molecule has 1 fully saturated rings. The van der Waals surface area contributed by atoms with Crippen molar-refractivity contribution in [2.45, 2.75) is 18.9 Å². The molecule has 1 N–H and O–H groups in total.